The Kier molecular flexibility index (Phi) is 5.20. The molecular weight excluding hydrogens is 166 g/mol. The molecule has 0 aromatic carbocycles. The number of aromatic nitrogens is 2. The summed E-state index contributed by atoms with van der Waals surface area (Å²) in [5.74, 6) is 0. The van der Waals surface area contributed by atoms with Crippen LogP contribution in [0.15, 0.2) is 6.07 Å². The maximum atomic E-state index is 9.18. The maximum absolute atomic E-state index is 9.18. The number of hydrogen-bond donors (Lipinski definition) is 0. The molecule has 70 valence electrons. The first-order chi connectivity index (χ1) is 6.11. The van der Waals surface area contributed by atoms with Gasteiger partial charge in [0.1, 0.15) is 6.29 Å². The first-order valence-corrected chi connectivity index (χ1v) is 3.89. The Balaban J connectivity index is 0.000000252. The molecule has 0 fully saturated rings. The van der Waals surface area contributed by atoms with Crippen LogP contribution >= 0.6 is 0 Å². The molecule has 0 aliphatic carbocycles. The monoisotopic (exact) mass is 179 g/mol. The third-order valence-electron chi connectivity index (χ3n) is 1.41. The molecule has 0 aliphatic heterocycles. The molecule has 1 aromatic rings. The average Bonchev–Trinajstić information content (AvgIpc) is 2.32. The number of aldehydes is 1. The lowest BCUT2D eigenvalue weighted by Gasteiger charge is -1.87. The van der Waals surface area contributed by atoms with Gasteiger partial charge in [-0.3, -0.25) is 4.68 Å². The van der Waals surface area contributed by atoms with Gasteiger partial charge < -0.3 is 4.79 Å². The van der Waals surface area contributed by atoms with Crippen LogP contribution in [0.1, 0.15) is 17.8 Å². The Labute approximate surface area is 77.8 Å². The van der Waals surface area contributed by atoms with Gasteiger partial charge in [0.2, 0.25) is 0 Å². The highest BCUT2D eigenvalue weighted by atomic mass is 16.1. The molecule has 13 heavy (non-hydrogen) atoms. The van der Waals surface area contributed by atoms with E-state index >= 15 is 0 Å². The fourth-order valence-corrected chi connectivity index (χ4v) is 0.777. The molecule has 1 heterocycles. The number of aryl methyl sites for hydroxylation is 3. The molecule has 0 aliphatic rings. The molecule has 4 heteroatoms. The van der Waals surface area contributed by atoms with Crippen molar-refractivity contribution in [3.63, 3.8) is 0 Å². The van der Waals surface area contributed by atoms with E-state index in [1.807, 2.05) is 25.6 Å². The van der Waals surface area contributed by atoms with Crippen LogP contribution < -0.4 is 0 Å². The lowest BCUT2D eigenvalue weighted by molar-refractivity contribution is -0.107. The van der Waals surface area contributed by atoms with Crippen molar-refractivity contribution >= 4 is 6.29 Å². The fraction of sp³-hybridized carbons (Fsp3) is 0.444. The van der Waals surface area contributed by atoms with Crippen LogP contribution in [-0.4, -0.2) is 16.1 Å². The molecule has 0 unspecified atom stereocenters. The fourth-order valence-electron chi connectivity index (χ4n) is 0.777. The van der Waals surface area contributed by atoms with Crippen LogP contribution in [-0.2, 0) is 11.8 Å². The molecule has 0 bridgehead atoms. The summed E-state index contributed by atoms with van der Waals surface area (Å²) in [6, 6.07) is 3.70. The zero-order valence-electron chi connectivity index (χ0n) is 8.11. The van der Waals surface area contributed by atoms with Crippen LogP contribution in [0.25, 0.3) is 0 Å². The van der Waals surface area contributed by atoms with Crippen LogP contribution in [0.3, 0.4) is 0 Å². The second kappa shape index (κ2) is 5.95. The maximum Gasteiger partial charge on any atom is 0.134 e. The van der Waals surface area contributed by atoms with Gasteiger partial charge in [-0.05, 0) is 19.9 Å². The third kappa shape index (κ3) is 4.75. The largest absolute Gasteiger partial charge is 0.302 e. The van der Waals surface area contributed by atoms with E-state index in [-0.39, 0.29) is 6.42 Å². The number of carbonyl (C=O) groups excluding carboxylic acids is 1. The van der Waals surface area contributed by atoms with Gasteiger partial charge in [-0.1, -0.05) is 0 Å². The Hall–Kier alpha value is -1.63. The van der Waals surface area contributed by atoms with Gasteiger partial charge in [-0.25, -0.2) is 0 Å². The van der Waals surface area contributed by atoms with Crippen LogP contribution in [0, 0.1) is 25.2 Å². The SMILES string of the molecule is Cc1cc(C)n(C)n1.N#CCC=O. The summed E-state index contributed by atoms with van der Waals surface area (Å²) in [4.78, 5) is 9.18. The normalized spacial score (nSPS) is 8.15. The smallest absolute Gasteiger partial charge is 0.134 e. The van der Waals surface area contributed by atoms with Crippen molar-refractivity contribution in [2.75, 3.05) is 0 Å². The van der Waals surface area contributed by atoms with E-state index in [0.29, 0.717) is 6.29 Å². The third-order valence-corrected chi connectivity index (χ3v) is 1.41. The summed E-state index contributed by atoms with van der Waals surface area (Å²) in [5.41, 5.74) is 2.30. The number of hydrogen-bond acceptors (Lipinski definition) is 3. The molecule has 0 spiro atoms. The average molecular weight is 179 g/mol. The van der Waals surface area contributed by atoms with Gasteiger partial charge in [0.15, 0.2) is 0 Å². The number of nitriles is 1. The summed E-state index contributed by atoms with van der Waals surface area (Å²) in [6.07, 6.45) is 0.583. The molecule has 1 rings (SSSR count). The zero-order valence-corrected chi connectivity index (χ0v) is 8.11. The summed E-state index contributed by atoms with van der Waals surface area (Å²) in [6.45, 7) is 4.03. The van der Waals surface area contributed by atoms with Crippen molar-refractivity contribution in [1.29, 1.82) is 5.26 Å². The standard InChI is InChI=1S/C6H10N2.C3H3NO/c1-5-4-6(2)8(3)7-5;4-2-1-3-5/h4H,1-3H3;3H,1H2. The molecule has 1 aromatic heterocycles. The van der Waals surface area contributed by atoms with Crippen molar-refractivity contribution in [2.45, 2.75) is 20.3 Å². The van der Waals surface area contributed by atoms with Gasteiger partial charge in [0.25, 0.3) is 0 Å². The van der Waals surface area contributed by atoms with Gasteiger partial charge in [-0.15, -0.1) is 0 Å². The van der Waals surface area contributed by atoms with Gasteiger partial charge in [0.05, 0.1) is 18.2 Å². The minimum atomic E-state index is 0.0139. The highest BCUT2D eigenvalue weighted by molar-refractivity contribution is 5.52. The number of nitrogens with zero attached hydrogens (tertiary/aromatic N) is 3. The number of carbonyl (C=O) groups is 1. The summed E-state index contributed by atoms with van der Waals surface area (Å²) in [5, 5.41) is 11.7. The van der Waals surface area contributed by atoms with Crippen molar-refractivity contribution in [3.05, 3.63) is 17.5 Å². The molecule has 0 saturated heterocycles. The number of rotatable bonds is 1. The lowest BCUT2D eigenvalue weighted by Crippen LogP contribution is -1.91. The van der Waals surface area contributed by atoms with E-state index in [1.54, 1.807) is 6.07 Å². The van der Waals surface area contributed by atoms with Crippen LogP contribution in [0.5, 0.6) is 0 Å². The van der Waals surface area contributed by atoms with E-state index in [1.165, 1.54) is 5.69 Å². The predicted octanol–water partition coefficient (Wildman–Crippen LogP) is 1.14. The van der Waals surface area contributed by atoms with Crippen molar-refractivity contribution < 1.29 is 4.79 Å². The Morgan fingerprint density at radius 1 is 1.69 bits per heavy atom. The predicted molar refractivity (Wildman–Crippen MR) is 49.0 cm³/mol. The van der Waals surface area contributed by atoms with Gasteiger partial charge >= 0.3 is 0 Å². The molecule has 0 radical (unpaired) electrons. The minimum Gasteiger partial charge on any atom is -0.302 e. The minimum absolute atomic E-state index is 0.0139. The second-order valence-corrected chi connectivity index (χ2v) is 2.58. The van der Waals surface area contributed by atoms with Crippen LogP contribution in [0.4, 0.5) is 0 Å². The topological polar surface area (TPSA) is 58.7 Å². The first kappa shape index (κ1) is 11.4. The van der Waals surface area contributed by atoms with E-state index in [9.17, 15) is 4.79 Å². The van der Waals surface area contributed by atoms with Crippen molar-refractivity contribution in [2.24, 2.45) is 7.05 Å². The van der Waals surface area contributed by atoms with E-state index in [4.69, 9.17) is 5.26 Å². The lowest BCUT2D eigenvalue weighted by atomic mass is 10.4. The molecule has 0 amide bonds. The highest BCUT2D eigenvalue weighted by Crippen LogP contribution is 1.97. The Morgan fingerprint density at radius 2 is 2.31 bits per heavy atom. The molecule has 0 atom stereocenters. The van der Waals surface area contributed by atoms with Crippen molar-refractivity contribution in [3.8, 4) is 6.07 Å². The van der Waals surface area contributed by atoms with Gasteiger partial charge in [-0.2, -0.15) is 10.4 Å². The zero-order chi connectivity index (χ0) is 10.3. The molecular formula is C9H13N3O. The van der Waals surface area contributed by atoms with Crippen molar-refractivity contribution in [1.82, 2.24) is 9.78 Å². The van der Waals surface area contributed by atoms with E-state index in [2.05, 4.69) is 11.2 Å². The summed E-state index contributed by atoms with van der Waals surface area (Å²) in [7, 11) is 1.95. The highest BCUT2D eigenvalue weighted by Gasteiger charge is 1.91. The first-order valence-electron chi connectivity index (χ1n) is 3.89. The summed E-state index contributed by atoms with van der Waals surface area (Å²) >= 11 is 0. The summed E-state index contributed by atoms with van der Waals surface area (Å²) < 4.78 is 1.87. The second-order valence-electron chi connectivity index (χ2n) is 2.58. The van der Waals surface area contributed by atoms with Crippen LogP contribution in [0.2, 0.25) is 0 Å². The van der Waals surface area contributed by atoms with Gasteiger partial charge in [0, 0.05) is 12.7 Å². The molecule has 4 nitrogen and oxygen atoms in total. The van der Waals surface area contributed by atoms with E-state index in [0.717, 1.165) is 5.69 Å². The Morgan fingerprint density at radius 3 is 2.38 bits per heavy atom. The Bertz CT molecular complexity index is 290. The van der Waals surface area contributed by atoms with E-state index < -0.39 is 0 Å². The molecule has 0 saturated carbocycles. The molecule has 0 N–H and O–H groups in total. The quantitative estimate of drug-likeness (QED) is 0.607.